The lowest BCUT2D eigenvalue weighted by Gasteiger charge is -2.23. The summed E-state index contributed by atoms with van der Waals surface area (Å²) in [5.74, 6) is 0. The lowest BCUT2D eigenvalue weighted by Crippen LogP contribution is -2.32. The highest BCUT2D eigenvalue weighted by Gasteiger charge is 2.32. The van der Waals surface area contributed by atoms with Crippen LogP contribution in [0.25, 0.3) is 0 Å². The van der Waals surface area contributed by atoms with E-state index in [2.05, 4.69) is 23.7 Å². The maximum atomic E-state index is 6.09. The second-order valence-corrected chi connectivity index (χ2v) is 4.99. The molecule has 1 aliphatic rings. The molecule has 0 saturated carbocycles. The number of nitrogens with one attached hydrogen (secondary N) is 1. The Bertz CT molecular complexity index is 276. The first-order chi connectivity index (χ1) is 5.72. The van der Waals surface area contributed by atoms with Gasteiger partial charge in [-0.15, -0.1) is 11.3 Å². The fourth-order valence-electron chi connectivity index (χ4n) is 1.82. The van der Waals surface area contributed by atoms with E-state index in [1.165, 1.54) is 18.4 Å². The van der Waals surface area contributed by atoms with E-state index in [1.807, 2.05) is 0 Å². The molecule has 1 aliphatic heterocycles. The van der Waals surface area contributed by atoms with Gasteiger partial charge in [-0.1, -0.05) is 11.6 Å². The molecule has 0 radical (unpaired) electrons. The smallest absolute Gasteiger partial charge is 0.0978 e. The van der Waals surface area contributed by atoms with Crippen molar-refractivity contribution in [2.75, 3.05) is 6.54 Å². The van der Waals surface area contributed by atoms with E-state index in [4.69, 9.17) is 11.6 Å². The Hall–Kier alpha value is -0.0500. The van der Waals surface area contributed by atoms with Crippen molar-refractivity contribution in [1.29, 1.82) is 0 Å². The lowest BCUT2D eigenvalue weighted by atomic mass is 9.93. The Kier molecular flexibility index (Phi) is 2.15. The molecule has 2 rings (SSSR count). The third kappa shape index (κ3) is 1.28. The van der Waals surface area contributed by atoms with Crippen molar-refractivity contribution in [2.24, 2.45) is 0 Å². The third-order valence-corrected chi connectivity index (χ3v) is 3.75. The molecule has 1 aromatic heterocycles. The normalized spacial score (nSPS) is 29.5. The van der Waals surface area contributed by atoms with Crippen LogP contribution in [0.15, 0.2) is 11.4 Å². The average molecular weight is 202 g/mol. The molecule has 0 aromatic carbocycles. The van der Waals surface area contributed by atoms with E-state index in [0.29, 0.717) is 0 Å². The minimum atomic E-state index is 0.136. The Balaban J connectivity index is 2.34. The molecule has 1 atom stereocenters. The van der Waals surface area contributed by atoms with E-state index < -0.39 is 0 Å². The number of halogens is 1. The van der Waals surface area contributed by atoms with Crippen molar-refractivity contribution in [3.05, 3.63) is 21.3 Å². The topological polar surface area (TPSA) is 12.0 Å². The lowest BCUT2D eigenvalue weighted by molar-refractivity contribution is 0.436. The van der Waals surface area contributed by atoms with Crippen LogP contribution in [0.3, 0.4) is 0 Å². The summed E-state index contributed by atoms with van der Waals surface area (Å²) in [7, 11) is 0. The first kappa shape index (κ1) is 8.54. The summed E-state index contributed by atoms with van der Waals surface area (Å²) in [5, 5.41) is 5.56. The van der Waals surface area contributed by atoms with Gasteiger partial charge in [0.1, 0.15) is 0 Å². The van der Waals surface area contributed by atoms with Crippen LogP contribution in [0.1, 0.15) is 25.3 Å². The highest BCUT2D eigenvalue weighted by atomic mass is 35.5. The number of hydrogen-bond acceptors (Lipinski definition) is 2. The van der Waals surface area contributed by atoms with E-state index in [-0.39, 0.29) is 5.54 Å². The summed E-state index contributed by atoms with van der Waals surface area (Å²) in [6.07, 6.45) is 2.45. The average Bonchev–Trinajstić information content (AvgIpc) is 2.59. The van der Waals surface area contributed by atoms with Gasteiger partial charge in [0.25, 0.3) is 0 Å². The Morgan fingerprint density at radius 3 is 3.00 bits per heavy atom. The molecule has 0 bridgehead atoms. The minimum Gasteiger partial charge on any atom is -0.308 e. The molecule has 1 aromatic rings. The van der Waals surface area contributed by atoms with Crippen LogP contribution in [0, 0.1) is 0 Å². The van der Waals surface area contributed by atoms with Crippen LogP contribution in [-0.2, 0) is 5.54 Å². The largest absolute Gasteiger partial charge is 0.308 e. The van der Waals surface area contributed by atoms with Crippen molar-refractivity contribution in [2.45, 2.75) is 25.3 Å². The van der Waals surface area contributed by atoms with Crippen molar-refractivity contribution in [1.82, 2.24) is 5.32 Å². The monoisotopic (exact) mass is 201 g/mol. The van der Waals surface area contributed by atoms with Crippen LogP contribution in [0.5, 0.6) is 0 Å². The minimum absolute atomic E-state index is 0.136. The fourth-order valence-corrected chi connectivity index (χ4v) is 2.99. The molecular weight excluding hydrogens is 190 g/mol. The van der Waals surface area contributed by atoms with Crippen LogP contribution < -0.4 is 5.32 Å². The zero-order valence-corrected chi connectivity index (χ0v) is 8.63. The number of hydrogen-bond donors (Lipinski definition) is 1. The van der Waals surface area contributed by atoms with Gasteiger partial charge in [-0.2, -0.15) is 0 Å². The molecule has 3 heteroatoms. The van der Waals surface area contributed by atoms with Gasteiger partial charge in [-0.3, -0.25) is 0 Å². The first-order valence-electron chi connectivity index (χ1n) is 4.21. The molecule has 1 fully saturated rings. The highest BCUT2D eigenvalue weighted by Crippen LogP contribution is 2.37. The van der Waals surface area contributed by atoms with Crippen LogP contribution in [-0.4, -0.2) is 6.54 Å². The van der Waals surface area contributed by atoms with Crippen LogP contribution in [0.4, 0.5) is 0 Å². The summed E-state index contributed by atoms with van der Waals surface area (Å²) >= 11 is 7.70. The maximum Gasteiger partial charge on any atom is 0.0978 e. The van der Waals surface area contributed by atoms with Crippen LogP contribution >= 0.6 is 22.9 Å². The van der Waals surface area contributed by atoms with Gasteiger partial charge in [0.05, 0.1) is 4.34 Å². The summed E-state index contributed by atoms with van der Waals surface area (Å²) < 4.78 is 0.937. The Labute approximate surface area is 81.7 Å². The zero-order valence-electron chi connectivity index (χ0n) is 7.06. The van der Waals surface area contributed by atoms with E-state index in [9.17, 15) is 0 Å². The van der Waals surface area contributed by atoms with Gasteiger partial charge in [-0.05, 0) is 37.8 Å². The van der Waals surface area contributed by atoms with Crippen molar-refractivity contribution in [3.8, 4) is 0 Å². The molecule has 0 amide bonds. The predicted octanol–water partition coefficient (Wildman–Crippen LogP) is 3.00. The van der Waals surface area contributed by atoms with Crippen LogP contribution in [0.2, 0.25) is 4.34 Å². The molecule has 0 aliphatic carbocycles. The maximum absolute atomic E-state index is 6.09. The summed E-state index contributed by atoms with van der Waals surface area (Å²) in [4.78, 5) is 0. The van der Waals surface area contributed by atoms with Gasteiger partial charge in [0, 0.05) is 11.1 Å². The van der Waals surface area contributed by atoms with Gasteiger partial charge >= 0.3 is 0 Å². The quantitative estimate of drug-likeness (QED) is 0.737. The fraction of sp³-hybridized carbons (Fsp3) is 0.556. The summed E-state index contributed by atoms with van der Waals surface area (Å²) in [6, 6.07) is 2.13. The number of rotatable bonds is 1. The molecule has 0 spiro atoms. The summed E-state index contributed by atoms with van der Waals surface area (Å²) in [5.41, 5.74) is 1.41. The van der Waals surface area contributed by atoms with Gasteiger partial charge in [-0.25, -0.2) is 0 Å². The zero-order chi connectivity index (χ0) is 8.60. The van der Waals surface area contributed by atoms with Gasteiger partial charge in [0.2, 0.25) is 0 Å². The Morgan fingerprint density at radius 1 is 1.67 bits per heavy atom. The van der Waals surface area contributed by atoms with Gasteiger partial charge < -0.3 is 5.32 Å². The molecule has 1 unspecified atom stereocenters. The highest BCUT2D eigenvalue weighted by molar-refractivity contribution is 7.14. The molecule has 1 saturated heterocycles. The molecule has 1 N–H and O–H groups in total. The third-order valence-electron chi connectivity index (χ3n) is 2.58. The number of thiophene rings is 1. The van der Waals surface area contributed by atoms with Crippen molar-refractivity contribution < 1.29 is 0 Å². The Morgan fingerprint density at radius 2 is 2.50 bits per heavy atom. The van der Waals surface area contributed by atoms with Crippen molar-refractivity contribution in [3.63, 3.8) is 0 Å². The molecule has 12 heavy (non-hydrogen) atoms. The first-order valence-corrected chi connectivity index (χ1v) is 5.47. The predicted molar refractivity (Wildman–Crippen MR) is 53.9 cm³/mol. The van der Waals surface area contributed by atoms with E-state index >= 15 is 0 Å². The van der Waals surface area contributed by atoms with Crippen molar-refractivity contribution >= 4 is 22.9 Å². The van der Waals surface area contributed by atoms with E-state index in [1.54, 1.807) is 11.3 Å². The molecule has 1 nitrogen and oxygen atoms in total. The molecule has 66 valence electrons. The molecule has 2 heterocycles. The van der Waals surface area contributed by atoms with E-state index in [0.717, 1.165) is 10.9 Å². The second kappa shape index (κ2) is 3.02. The summed E-state index contributed by atoms with van der Waals surface area (Å²) in [6.45, 7) is 3.34. The standard InChI is InChI=1S/C9H12ClNS/c1-9(4-2-5-11-9)7-3-6-12-8(7)10/h3,6,11H,2,4-5H2,1H3. The SMILES string of the molecule is CC1(c2ccsc2Cl)CCCN1. The van der Waals surface area contributed by atoms with Gasteiger partial charge in [0.15, 0.2) is 0 Å². The second-order valence-electron chi connectivity index (χ2n) is 3.47. The molecular formula is C9H12ClNS.